The van der Waals surface area contributed by atoms with E-state index in [1.165, 1.54) is 0 Å². The van der Waals surface area contributed by atoms with Gasteiger partial charge in [-0.05, 0) is 29.0 Å². The van der Waals surface area contributed by atoms with Gasteiger partial charge in [0.05, 0.1) is 6.04 Å². The highest BCUT2D eigenvalue weighted by Gasteiger charge is 2.40. The van der Waals surface area contributed by atoms with Crippen LogP contribution in [0.25, 0.3) is 0 Å². The molecule has 7 heteroatoms. The number of carbonyl (C=O) groups excluding carboxylic acids is 3. The summed E-state index contributed by atoms with van der Waals surface area (Å²) in [5, 5.41) is 2.83. The first kappa shape index (κ1) is 28.9. The molecule has 4 rings (SSSR count). The Labute approximate surface area is 235 Å². The van der Waals surface area contributed by atoms with E-state index >= 15 is 0 Å². The van der Waals surface area contributed by atoms with E-state index in [0.29, 0.717) is 6.42 Å². The Morgan fingerprint density at radius 3 is 1.50 bits per heavy atom. The van der Waals surface area contributed by atoms with Crippen molar-refractivity contribution in [3.05, 3.63) is 108 Å². The Kier molecular flexibility index (Phi) is 11.2. The number of rotatable bonds is 12. The number of carbonyl (C=O) groups is 3. The highest BCUT2D eigenvalue weighted by Crippen LogP contribution is 2.30. The van der Waals surface area contributed by atoms with Gasteiger partial charge in [-0.15, -0.1) is 0 Å². The van der Waals surface area contributed by atoms with Gasteiger partial charge in [0.2, 0.25) is 0 Å². The Bertz CT molecular complexity index is 1140. The van der Waals surface area contributed by atoms with Crippen LogP contribution in [-0.2, 0) is 43.6 Å². The first-order chi connectivity index (χ1) is 19.6. The fourth-order valence-corrected chi connectivity index (χ4v) is 5.04. The molecular weight excluding hydrogens is 506 g/mol. The summed E-state index contributed by atoms with van der Waals surface area (Å²) in [6, 6.07) is 27.0. The van der Waals surface area contributed by atoms with Crippen LogP contribution in [0.5, 0.6) is 0 Å². The SMILES string of the molecule is O=C(NC(CC1CCCCC1)C(C(=O)OCc1ccccc1)C(=O)OCc1ccccc1)OCc1ccccc1. The standard InChI is InChI=1S/C33H37NO6/c35-31(38-22-26-15-7-2-8-16-26)30(32(36)39-23-27-17-9-3-10-18-27)29(21-25-13-5-1-6-14-25)34-33(37)40-24-28-19-11-4-12-20-28/h2-4,7-12,15-20,25,29-30H,1,5-6,13-14,21-24H2,(H,34,37). The highest BCUT2D eigenvalue weighted by molar-refractivity contribution is 5.96. The Balaban J connectivity index is 1.51. The maximum absolute atomic E-state index is 13.5. The van der Waals surface area contributed by atoms with E-state index in [4.69, 9.17) is 14.2 Å². The van der Waals surface area contributed by atoms with E-state index < -0.39 is 30.0 Å². The van der Waals surface area contributed by atoms with Gasteiger partial charge in [-0.2, -0.15) is 0 Å². The minimum Gasteiger partial charge on any atom is -0.460 e. The van der Waals surface area contributed by atoms with E-state index in [-0.39, 0.29) is 25.7 Å². The first-order valence-corrected chi connectivity index (χ1v) is 14.0. The van der Waals surface area contributed by atoms with Crippen LogP contribution in [-0.4, -0.2) is 24.1 Å². The summed E-state index contributed by atoms with van der Waals surface area (Å²) in [7, 11) is 0. The summed E-state index contributed by atoms with van der Waals surface area (Å²) in [4.78, 5) is 39.9. The number of benzene rings is 3. The van der Waals surface area contributed by atoms with Crippen LogP contribution in [0.1, 0.15) is 55.2 Å². The largest absolute Gasteiger partial charge is 0.460 e. The predicted octanol–water partition coefficient (Wildman–Crippen LogP) is 6.35. The Morgan fingerprint density at radius 2 is 1.05 bits per heavy atom. The molecule has 1 fully saturated rings. The molecule has 3 aromatic carbocycles. The number of alkyl carbamates (subject to hydrolysis) is 1. The zero-order valence-corrected chi connectivity index (χ0v) is 22.7. The molecule has 1 amide bonds. The van der Waals surface area contributed by atoms with Gasteiger partial charge in [-0.1, -0.05) is 123 Å². The van der Waals surface area contributed by atoms with Gasteiger partial charge in [0.1, 0.15) is 19.8 Å². The molecule has 3 aromatic rings. The molecule has 1 saturated carbocycles. The van der Waals surface area contributed by atoms with E-state index in [1.807, 2.05) is 91.0 Å². The van der Waals surface area contributed by atoms with Gasteiger partial charge in [0.25, 0.3) is 0 Å². The lowest BCUT2D eigenvalue weighted by Crippen LogP contribution is -2.49. The van der Waals surface area contributed by atoms with Gasteiger partial charge in [0.15, 0.2) is 5.92 Å². The average molecular weight is 544 g/mol. The van der Waals surface area contributed by atoms with Gasteiger partial charge < -0.3 is 19.5 Å². The van der Waals surface area contributed by atoms with Gasteiger partial charge in [-0.25, -0.2) is 4.79 Å². The fraction of sp³-hybridized carbons (Fsp3) is 0.364. The number of hydrogen-bond acceptors (Lipinski definition) is 6. The maximum atomic E-state index is 13.5. The van der Waals surface area contributed by atoms with Crippen LogP contribution in [0, 0.1) is 11.8 Å². The molecule has 0 bridgehead atoms. The number of esters is 2. The molecule has 1 unspecified atom stereocenters. The maximum Gasteiger partial charge on any atom is 0.407 e. The topological polar surface area (TPSA) is 90.9 Å². The Hall–Kier alpha value is -4.13. The minimum atomic E-state index is -1.33. The predicted molar refractivity (Wildman–Crippen MR) is 151 cm³/mol. The summed E-state index contributed by atoms with van der Waals surface area (Å²) < 4.78 is 16.7. The zero-order chi connectivity index (χ0) is 28.0. The van der Waals surface area contributed by atoms with Crippen LogP contribution in [0.4, 0.5) is 4.79 Å². The fourth-order valence-electron chi connectivity index (χ4n) is 5.04. The molecule has 0 aliphatic heterocycles. The van der Waals surface area contributed by atoms with E-state index in [0.717, 1.165) is 48.8 Å². The molecule has 0 radical (unpaired) electrons. The molecule has 1 N–H and O–H groups in total. The third kappa shape index (κ3) is 9.26. The minimum absolute atomic E-state index is 0.0107. The van der Waals surface area contributed by atoms with Crippen molar-refractivity contribution in [1.82, 2.24) is 5.32 Å². The van der Waals surface area contributed by atoms with Crippen molar-refractivity contribution in [3.8, 4) is 0 Å². The van der Waals surface area contributed by atoms with E-state index in [9.17, 15) is 14.4 Å². The van der Waals surface area contributed by atoms with Crippen LogP contribution in [0.15, 0.2) is 91.0 Å². The van der Waals surface area contributed by atoms with Crippen molar-refractivity contribution >= 4 is 18.0 Å². The Morgan fingerprint density at radius 1 is 0.625 bits per heavy atom. The molecule has 40 heavy (non-hydrogen) atoms. The van der Waals surface area contributed by atoms with Crippen molar-refractivity contribution in [2.45, 2.75) is 64.4 Å². The molecule has 0 aromatic heterocycles. The van der Waals surface area contributed by atoms with Crippen LogP contribution >= 0.6 is 0 Å². The summed E-state index contributed by atoms with van der Waals surface area (Å²) in [6.07, 6.45) is 5.03. The van der Waals surface area contributed by atoms with E-state index in [2.05, 4.69) is 5.32 Å². The number of ether oxygens (including phenoxy) is 3. The van der Waals surface area contributed by atoms with E-state index in [1.54, 1.807) is 0 Å². The molecule has 1 aliphatic rings. The smallest absolute Gasteiger partial charge is 0.407 e. The second-order valence-electron chi connectivity index (χ2n) is 10.2. The van der Waals surface area contributed by atoms with Crippen LogP contribution < -0.4 is 5.32 Å². The molecule has 1 atom stereocenters. The van der Waals surface area contributed by atoms with Crippen LogP contribution in [0.3, 0.4) is 0 Å². The lowest BCUT2D eigenvalue weighted by Gasteiger charge is -2.30. The third-order valence-corrected chi connectivity index (χ3v) is 7.19. The molecule has 210 valence electrons. The second kappa shape index (κ2) is 15.5. The van der Waals surface area contributed by atoms with Gasteiger partial charge >= 0.3 is 18.0 Å². The van der Waals surface area contributed by atoms with Crippen molar-refractivity contribution in [2.75, 3.05) is 0 Å². The molecule has 0 saturated heterocycles. The number of hydrogen-bond donors (Lipinski definition) is 1. The lowest BCUT2D eigenvalue weighted by molar-refractivity contribution is -0.165. The second-order valence-corrected chi connectivity index (χ2v) is 10.2. The van der Waals surface area contributed by atoms with Crippen molar-refractivity contribution < 1.29 is 28.6 Å². The molecule has 0 heterocycles. The number of nitrogens with one attached hydrogen (secondary N) is 1. The third-order valence-electron chi connectivity index (χ3n) is 7.19. The van der Waals surface area contributed by atoms with Gasteiger partial charge in [0, 0.05) is 0 Å². The normalized spacial score (nSPS) is 14.2. The molecule has 1 aliphatic carbocycles. The zero-order valence-electron chi connectivity index (χ0n) is 22.7. The van der Waals surface area contributed by atoms with Crippen molar-refractivity contribution in [3.63, 3.8) is 0 Å². The van der Waals surface area contributed by atoms with Crippen molar-refractivity contribution in [2.24, 2.45) is 11.8 Å². The molecular formula is C33H37NO6. The summed E-state index contributed by atoms with van der Waals surface area (Å²) >= 11 is 0. The first-order valence-electron chi connectivity index (χ1n) is 14.0. The van der Waals surface area contributed by atoms with Crippen molar-refractivity contribution in [1.29, 1.82) is 0 Å². The summed E-state index contributed by atoms with van der Waals surface area (Å²) in [5.74, 6) is -2.53. The average Bonchev–Trinajstić information content (AvgIpc) is 3.00. The molecule has 7 nitrogen and oxygen atoms in total. The molecule has 0 spiro atoms. The highest BCUT2D eigenvalue weighted by atomic mass is 16.6. The van der Waals surface area contributed by atoms with Gasteiger partial charge in [-0.3, -0.25) is 9.59 Å². The monoisotopic (exact) mass is 543 g/mol. The lowest BCUT2D eigenvalue weighted by atomic mass is 9.81. The number of amides is 1. The van der Waals surface area contributed by atoms with Crippen LogP contribution in [0.2, 0.25) is 0 Å². The summed E-state index contributed by atoms with van der Waals surface area (Å²) in [5.41, 5.74) is 2.43. The quantitative estimate of drug-likeness (QED) is 0.163. The summed E-state index contributed by atoms with van der Waals surface area (Å²) in [6.45, 7) is 0.0951.